The van der Waals surface area contributed by atoms with Crippen LogP contribution in [0.15, 0.2) is 23.3 Å². The Balaban J connectivity index is 2.43. The minimum atomic E-state index is -0.879. The number of aliphatic imine (C=N–C) groups is 1. The molecule has 0 saturated heterocycles. The summed E-state index contributed by atoms with van der Waals surface area (Å²) in [5.41, 5.74) is 1.12. The number of guanidine groups is 1. The summed E-state index contributed by atoms with van der Waals surface area (Å²) in [4.78, 5) is 8.54. The molecule has 1 rings (SSSR count). The zero-order valence-electron chi connectivity index (χ0n) is 14.4. The standard InChI is InChI=1S/C16H27ClN4OS/c1-5-18-15(20-10-11-23(22)16(2,3)4)19-9-8-13-6-7-14(17)21-12-13/h6-7,12H,5,8-11H2,1-4H3,(H2,18,19,20). The van der Waals surface area contributed by atoms with Gasteiger partial charge in [-0.15, -0.1) is 0 Å². The molecular weight excluding hydrogens is 332 g/mol. The fourth-order valence-electron chi connectivity index (χ4n) is 1.77. The third-order valence-electron chi connectivity index (χ3n) is 3.07. The molecule has 0 amide bonds. The summed E-state index contributed by atoms with van der Waals surface area (Å²) < 4.78 is 11.8. The lowest BCUT2D eigenvalue weighted by Gasteiger charge is -2.17. The predicted octanol–water partition coefficient (Wildman–Crippen LogP) is 2.38. The topological polar surface area (TPSA) is 66.4 Å². The first-order valence-corrected chi connectivity index (χ1v) is 9.53. The predicted molar refractivity (Wildman–Crippen MR) is 99.7 cm³/mol. The number of pyridine rings is 1. The molecular formula is C16H27ClN4OS. The van der Waals surface area contributed by atoms with Gasteiger partial charge in [-0.3, -0.25) is 9.20 Å². The van der Waals surface area contributed by atoms with Crippen molar-refractivity contribution in [1.29, 1.82) is 0 Å². The van der Waals surface area contributed by atoms with Gasteiger partial charge in [0.25, 0.3) is 0 Å². The zero-order chi connectivity index (χ0) is 17.3. The zero-order valence-corrected chi connectivity index (χ0v) is 15.9. The first kappa shape index (κ1) is 19.9. The highest BCUT2D eigenvalue weighted by Gasteiger charge is 2.18. The van der Waals surface area contributed by atoms with Crippen LogP contribution in [0.25, 0.3) is 0 Å². The van der Waals surface area contributed by atoms with Crippen LogP contribution in [0.3, 0.4) is 0 Å². The van der Waals surface area contributed by atoms with Crippen LogP contribution in [0.4, 0.5) is 0 Å². The monoisotopic (exact) mass is 358 g/mol. The summed E-state index contributed by atoms with van der Waals surface area (Å²) in [7, 11) is -0.879. The third kappa shape index (κ3) is 8.32. The molecule has 0 saturated carbocycles. The molecule has 1 heterocycles. The van der Waals surface area contributed by atoms with Crippen molar-refractivity contribution in [2.24, 2.45) is 4.99 Å². The minimum Gasteiger partial charge on any atom is -0.357 e. The van der Waals surface area contributed by atoms with Crippen molar-refractivity contribution >= 4 is 28.4 Å². The molecule has 0 aromatic carbocycles. The van der Waals surface area contributed by atoms with Crippen LogP contribution < -0.4 is 10.6 Å². The average Bonchev–Trinajstić information content (AvgIpc) is 2.48. The van der Waals surface area contributed by atoms with Crippen molar-refractivity contribution in [1.82, 2.24) is 15.6 Å². The highest BCUT2D eigenvalue weighted by molar-refractivity contribution is 7.86. The third-order valence-corrected chi connectivity index (χ3v) is 5.21. The van der Waals surface area contributed by atoms with Gasteiger partial charge in [0.2, 0.25) is 0 Å². The van der Waals surface area contributed by atoms with Crippen molar-refractivity contribution in [2.45, 2.75) is 38.9 Å². The fourth-order valence-corrected chi connectivity index (χ4v) is 2.75. The molecule has 0 fully saturated rings. The van der Waals surface area contributed by atoms with Crippen LogP contribution in [0.1, 0.15) is 33.3 Å². The van der Waals surface area contributed by atoms with Crippen molar-refractivity contribution in [3.63, 3.8) is 0 Å². The van der Waals surface area contributed by atoms with Gasteiger partial charge in [-0.25, -0.2) is 4.98 Å². The molecule has 2 N–H and O–H groups in total. The molecule has 23 heavy (non-hydrogen) atoms. The Hall–Kier alpha value is -1.14. The summed E-state index contributed by atoms with van der Waals surface area (Å²) in [6.07, 6.45) is 2.61. The van der Waals surface area contributed by atoms with Crippen LogP contribution >= 0.6 is 11.6 Å². The van der Waals surface area contributed by atoms with E-state index in [9.17, 15) is 4.21 Å². The van der Waals surface area contributed by atoms with Crippen molar-refractivity contribution in [3.05, 3.63) is 29.0 Å². The van der Waals surface area contributed by atoms with E-state index >= 15 is 0 Å². The van der Waals surface area contributed by atoms with Crippen LogP contribution in [-0.4, -0.2) is 45.3 Å². The SMILES string of the molecule is CCNC(=NCCS(=O)C(C)(C)C)NCCc1ccc(Cl)nc1. The molecule has 130 valence electrons. The van der Waals surface area contributed by atoms with Gasteiger partial charge in [-0.2, -0.15) is 0 Å². The average molecular weight is 359 g/mol. The first-order valence-electron chi connectivity index (χ1n) is 7.84. The van der Waals surface area contributed by atoms with E-state index in [1.54, 1.807) is 12.3 Å². The lowest BCUT2D eigenvalue weighted by molar-refractivity contribution is 0.648. The molecule has 1 unspecified atom stereocenters. The van der Waals surface area contributed by atoms with Gasteiger partial charge in [0.05, 0.1) is 6.54 Å². The summed E-state index contributed by atoms with van der Waals surface area (Å²) in [5, 5.41) is 6.97. The van der Waals surface area contributed by atoms with E-state index in [4.69, 9.17) is 11.6 Å². The molecule has 0 bridgehead atoms. The number of hydrogen-bond acceptors (Lipinski definition) is 3. The Bertz CT molecular complexity index is 526. The smallest absolute Gasteiger partial charge is 0.191 e. The van der Waals surface area contributed by atoms with Gasteiger partial charge >= 0.3 is 0 Å². The highest BCUT2D eigenvalue weighted by atomic mass is 35.5. The summed E-state index contributed by atoms with van der Waals surface area (Å²) in [6, 6.07) is 3.76. The van der Waals surface area contributed by atoms with Gasteiger partial charge in [0.1, 0.15) is 5.15 Å². The summed E-state index contributed by atoms with van der Waals surface area (Å²) >= 11 is 5.77. The van der Waals surface area contributed by atoms with Gasteiger partial charge in [-0.05, 0) is 45.7 Å². The number of aromatic nitrogens is 1. The summed E-state index contributed by atoms with van der Waals surface area (Å²) in [6.45, 7) is 10.0. The molecule has 0 radical (unpaired) electrons. The Morgan fingerprint density at radius 1 is 1.35 bits per heavy atom. The molecule has 0 aliphatic carbocycles. The maximum Gasteiger partial charge on any atom is 0.191 e. The molecule has 7 heteroatoms. The van der Waals surface area contributed by atoms with E-state index in [1.165, 1.54) is 0 Å². The van der Waals surface area contributed by atoms with E-state index < -0.39 is 10.8 Å². The quantitative estimate of drug-likeness (QED) is 0.446. The van der Waals surface area contributed by atoms with Gasteiger partial charge in [0, 0.05) is 40.6 Å². The normalized spacial score (nSPS) is 13.7. The number of halogens is 1. The Morgan fingerprint density at radius 2 is 2.09 bits per heavy atom. The van der Waals surface area contributed by atoms with E-state index in [0.29, 0.717) is 17.5 Å². The maximum atomic E-state index is 12.0. The molecule has 1 aromatic heterocycles. The lowest BCUT2D eigenvalue weighted by Crippen LogP contribution is -2.38. The van der Waals surface area contributed by atoms with Crippen LogP contribution in [0.5, 0.6) is 0 Å². The Labute approximate surface area is 146 Å². The maximum absolute atomic E-state index is 12.0. The van der Waals surface area contributed by atoms with Gasteiger partial charge in [0.15, 0.2) is 5.96 Å². The van der Waals surface area contributed by atoms with E-state index in [1.807, 2.05) is 33.8 Å². The molecule has 5 nitrogen and oxygen atoms in total. The molecule has 1 atom stereocenters. The second-order valence-corrected chi connectivity index (χ2v) is 8.80. The number of hydrogen-bond donors (Lipinski definition) is 2. The molecule has 0 aliphatic rings. The van der Waals surface area contributed by atoms with E-state index in [0.717, 1.165) is 31.0 Å². The first-order chi connectivity index (χ1) is 10.8. The van der Waals surface area contributed by atoms with Gasteiger partial charge < -0.3 is 10.6 Å². The minimum absolute atomic E-state index is 0.192. The van der Waals surface area contributed by atoms with Crippen LogP contribution in [0.2, 0.25) is 5.15 Å². The second-order valence-electron chi connectivity index (χ2n) is 6.09. The number of nitrogens with zero attached hydrogens (tertiary/aromatic N) is 2. The number of nitrogens with one attached hydrogen (secondary N) is 2. The van der Waals surface area contributed by atoms with Crippen molar-refractivity contribution < 1.29 is 4.21 Å². The van der Waals surface area contributed by atoms with E-state index in [-0.39, 0.29) is 4.75 Å². The number of rotatable bonds is 7. The molecule has 0 spiro atoms. The van der Waals surface area contributed by atoms with Crippen LogP contribution in [0, 0.1) is 0 Å². The van der Waals surface area contributed by atoms with Gasteiger partial charge in [-0.1, -0.05) is 17.7 Å². The van der Waals surface area contributed by atoms with Crippen molar-refractivity contribution in [3.8, 4) is 0 Å². The second kappa shape index (κ2) is 9.88. The summed E-state index contributed by atoms with van der Waals surface area (Å²) in [5.74, 6) is 1.32. The largest absolute Gasteiger partial charge is 0.357 e. The van der Waals surface area contributed by atoms with E-state index in [2.05, 4.69) is 20.6 Å². The molecule has 0 aliphatic heterocycles. The Kier molecular flexibility index (Phi) is 8.55. The lowest BCUT2D eigenvalue weighted by atomic mass is 10.2. The van der Waals surface area contributed by atoms with Crippen molar-refractivity contribution in [2.75, 3.05) is 25.4 Å². The highest BCUT2D eigenvalue weighted by Crippen LogP contribution is 2.10. The Morgan fingerprint density at radius 3 is 2.65 bits per heavy atom. The fraction of sp³-hybridized carbons (Fsp3) is 0.625. The molecule has 1 aromatic rings. The van der Waals surface area contributed by atoms with Crippen LogP contribution in [-0.2, 0) is 17.2 Å².